The van der Waals surface area contributed by atoms with E-state index in [2.05, 4.69) is 0 Å². The average molecular weight is 306 g/mol. The topological polar surface area (TPSA) is 53.8 Å². The number of furan rings is 1. The van der Waals surface area contributed by atoms with Gasteiger partial charge in [0.2, 0.25) is 5.91 Å². The fourth-order valence-electron chi connectivity index (χ4n) is 2.95. The molecule has 0 radical (unpaired) electrons. The molecule has 1 aliphatic heterocycles. The minimum Gasteiger partial charge on any atom is -0.466 e. The summed E-state index contributed by atoms with van der Waals surface area (Å²) in [7, 11) is 0. The van der Waals surface area contributed by atoms with Crippen molar-refractivity contribution in [1.29, 1.82) is 0 Å². The minimum absolute atomic E-state index is 0.0366. The molecule has 2 heterocycles. The van der Waals surface area contributed by atoms with E-state index in [1.54, 1.807) is 17.9 Å². The fourth-order valence-corrected chi connectivity index (χ4v) is 2.95. The molecule has 22 heavy (non-hydrogen) atoms. The summed E-state index contributed by atoms with van der Waals surface area (Å²) in [6, 6.07) is 1.78. The number of hydrogen-bond acceptors (Lipinski definition) is 3. The van der Waals surface area contributed by atoms with E-state index in [-0.39, 0.29) is 11.8 Å². The van der Waals surface area contributed by atoms with E-state index in [4.69, 9.17) is 4.42 Å². The van der Waals surface area contributed by atoms with E-state index in [1.807, 2.05) is 18.7 Å². The molecule has 5 nitrogen and oxygen atoms in total. The number of carbonyl (C=O) groups excluding carboxylic acids is 2. The summed E-state index contributed by atoms with van der Waals surface area (Å²) >= 11 is 0. The van der Waals surface area contributed by atoms with Gasteiger partial charge in [0.15, 0.2) is 0 Å². The van der Waals surface area contributed by atoms with Crippen LogP contribution in [0.15, 0.2) is 10.5 Å². The molecule has 2 amide bonds. The molecule has 0 aromatic carbocycles. The summed E-state index contributed by atoms with van der Waals surface area (Å²) < 4.78 is 5.45. The molecule has 1 fully saturated rings. The number of aryl methyl sites for hydroxylation is 2. The predicted molar refractivity (Wildman–Crippen MR) is 84.8 cm³/mol. The maximum atomic E-state index is 12.6. The first-order valence-corrected chi connectivity index (χ1v) is 8.17. The zero-order valence-corrected chi connectivity index (χ0v) is 13.9. The van der Waals surface area contributed by atoms with Crippen LogP contribution in [0.2, 0.25) is 0 Å². The lowest BCUT2D eigenvalue weighted by molar-refractivity contribution is -0.130. The van der Waals surface area contributed by atoms with Gasteiger partial charge < -0.3 is 14.2 Å². The van der Waals surface area contributed by atoms with E-state index in [0.29, 0.717) is 30.8 Å². The smallest absolute Gasteiger partial charge is 0.257 e. The summed E-state index contributed by atoms with van der Waals surface area (Å²) in [6.07, 6.45) is 3.47. The first kappa shape index (κ1) is 16.6. The van der Waals surface area contributed by atoms with E-state index < -0.39 is 0 Å². The van der Waals surface area contributed by atoms with Crippen LogP contribution in [0.4, 0.5) is 0 Å². The van der Waals surface area contributed by atoms with Gasteiger partial charge in [-0.05, 0) is 39.2 Å². The number of hydrogen-bond donors (Lipinski definition) is 0. The lowest BCUT2D eigenvalue weighted by atomic mass is 10.2. The van der Waals surface area contributed by atoms with Crippen LogP contribution >= 0.6 is 0 Å². The van der Waals surface area contributed by atoms with Crippen LogP contribution in [0.25, 0.3) is 0 Å². The van der Waals surface area contributed by atoms with E-state index >= 15 is 0 Å². The van der Waals surface area contributed by atoms with E-state index in [0.717, 1.165) is 38.1 Å². The molecule has 5 heteroatoms. The van der Waals surface area contributed by atoms with Gasteiger partial charge in [-0.15, -0.1) is 0 Å². The van der Waals surface area contributed by atoms with Crippen molar-refractivity contribution in [2.75, 3.05) is 26.2 Å². The highest BCUT2D eigenvalue weighted by Crippen LogP contribution is 2.17. The third-order valence-corrected chi connectivity index (χ3v) is 4.11. The first-order valence-electron chi connectivity index (χ1n) is 8.17. The van der Waals surface area contributed by atoms with Crippen LogP contribution in [0.1, 0.15) is 54.5 Å². The number of carbonyl (C=O) groups is 2. The Balaban J connectivity index is 1.98. The molecule has 1 aromatic heterocycles. The average Bonchev–Trinajstić information content (AvgIpc) is 3.12. The number of amides is 2. The third kappa shape index (κ3) is 3.90. The van der Waals surface area contributed by atoms with Crippen LogP contribution in [0, 0.1) is 13.8 Å². The van der Waals surface area contributed by atoms with Gasteiger partial charge in [0.05, 0.1) is 5.56 Å². The van der Waals surface area contributed by atoms with Crippen LogP contribution in [-0.4, -0.2) is 47.8 Å². The molecule has 1 aliphatic rings. The molecule has 0 N–H and O–H groups in total. The van der Waals surface area contributed by atoms with Gasteiger partial charge in [0, 0.05) is 32.6 Å². The van der Waals surface area contributed by atoms with Crippen LogP contribution < -0.4 is 0 Å². The second-order valence-corrected chi connectivity index (χ2v) is 5.96. The number of likely N-dealkylation sites (tertiary alicyclic amines) is 1. The molecular weight excluding hydrogens is 280 g/mol. The Bertz CT molecular complexity index is 530. The predicted octanol–water partition coefficient (Wildman–Crippen LogP) is 2.76. The molecule has 1 saturated heterocycles. The van der Waals surface area contributed by atoms with Crippen LogP contribution in [0.3, 0.4) is 0 Å². The minimum atomic E-state index is -0.0366. The molecule has 0 aliphatic carbocycles. The van der Waals surface area contributed by atoms with Crippen LogP contribution in [-0.2, 0) is 4.79 Å². The van der Waals surface area contributed by atoms with Crippen molar-refractivity contribution in [3.05, 3.63) is 23.2 Å². The summed E-state index contributed by atoms with van der Waals surface area (Å²) in [5.41, 5.74) is 0.611. The van der Waals surface area contributed by atoms with Crippen molar-refractivity contribution in [2.24, 2.45) is 0 Å². The monoisotopic (exact) mass is 306 g/mol. The highest BCUT2D eigenvalue weighted by molar-refractivity contribution is 5.95. The molecule has 0 saturated carbocycles. The molecule has 0 unspecified atom stereocenters. The van der Waals surface area contributed by atoms with Crippen molar-refractivity contribution in [3.63, 3.8) is 0 Å². The Labute approximate surface area is 132 Å². The van der Waals surface area contributed by atoms with Crippen molar-refractivity contribution < 1.29 is 14.0 Å². The standard InChI is InChI=1S/C17H26N2O3/c1-4-8-19(11-7-16(20)18-9-5-6-10-18)17(21)15-12-13(2)22-14(15)3/h12H,4-11H2,1-3H3. The molecule has 0 spiro atoms. The van der Waals surface area contributed by atoms with Gasteiger partial charge in [-0.3, -0.25) is 9.59 Å². The Morgan fingerprint density at radius 3 is 2.45 bits per heavy atom. The summed E-state index contributed by atoms with van der Waals surface area (Å²) in [4.78, 5) is 28.5. The van der Waals surface area contributed by atoms with Gasteiger partial charge in [0.1, 0.15) is 11.5 Å². The lowest BCUT2D eigenvalue weighted by Gasteiger charge is -2.23. The van der Waals surface area contributed by atoms with Gasteiger partial charge in [-0.2, -0.15) is 0 Å². The van der Waals surface area contributed by atoms with Gasteiger partial charge in [-0.1, -0.05) is 6.92 Å². The van der Waals surface area contributed by atoms with Gasteiger partial charge in [-0.25, -0.2) is 0 Å². The summed E-state index contributed by atoms with van der Waals surface area (Å²) in [5, 5.41) is 0. The quantitative estimate of drug-likeness (QED) is 0.812. The van der Waals surface area contributed by atoms with Gasteiger partial charge >= 0.3 is 0 Å². The fraction of sp³-hybridized carbons (Fsp3) is 0.647. The Kier molecular flexibility index (Phi) is 5.63. The van der Waals surface area contributed by atoms with Crippen LogP contribution in [0.5, 0.6) is 0 Å². The second kappa shape index (κ2) is 7.47. The zero-order chi connectivity index (χ0) is 16.1. The van der Waals surface area contributed by atoms with Crippen molar-refractivity contribution in [3.8, 4) is 0 Å². The Hall–Kier alpha value is -1.78. The van der Waals surface area contributed by atoms with Crippen molar-refractivity contribution in [1.82, 2.24) is 9.80 Å². The first-order chi connectivity index (χ1) is 10.5. The summed E-state index contributed by atoms with van der Waals surface area (Å²) in [5.74, 6) is 1.51. The normalized spacial score (nSPS) is 14.4. The maximum Gasteiger partial charge on any atom is 0.257 e. The molecule has 0 bridgehead atoms. The Morgan fingerprint density at radius 1 is 1.23 bits per heavy atom. The number of rotatable bonds is 6. The Morgan fingerprint density at radius 2 is 1.91 bits per heavy atom. The zero-order valence-electron chi connectivity index (χ0n) is 13.9. The molecule has 0 atom stereocenters. The van der Waals surface area contributed by atoms with E-state index in [9.17, 15) is 9.59 Å². The summed E-state index contributed by atoms with van der Waals surface area (Å²) in [6.45, 7) is 8.54. The number of nitrogens with zero attached hydrogens (tertiary/aromatic N) is 2. The SMILES string of the molecule is CCCN(CCC(=O)N1CCCC1)C(=O)c1cc(C)oc1C. The highest BCUT2D eigenvalue weighted by Gasteiger charge is 2.23. The molecule has 122 valence electrons. The molecular formula is C17H26N2O3. The maximum absolute atomic E-state index is 12.6. The molecule has 1 aromatic rings. The highest BCUT2D eigenvalue weighted by atomic mass is 16.3. The lowest BCUT2D eigenvalue weighted by Crippen LogP contribution is -2.36. The van der Waals surface area contributed by atoms with E-state index in [1.165, 1.54) is 0 Å². The van der Waals surface area contributed by atoms with Gasteiger partial charge in [0.25, 0.3) is 5.91 Å². The van der Waals surface area contributed by atoms with Crippen molar-refractivity contribution >= 4 is 11.8 Å². The second-order valence-electron chi connectivity index (χ2n) is 5.96. The van der Waals surface area contributed by atoms with Crippen molar-refractivity contribution in [2.45, 2.75) is 46.5 Å². The third-order valence-electron chi connectivity index (χ3n) is 4.11. The largest absolute Gasteiger partial charge is 0.466 e. The molecule has 2 rings (SSSR count).